The van der Waals surface area contributed by atoms with Crippen molar-refractivity contribution in [1.82, 2.24) is 0 Å². The molecule has 0 bridgehead atoms. The Bertz CT molecular complexity index is 403. The minimum absolute atomic E-state index is 0.140. The molecule has 0 spiro atoms. The smallest absolute Gasteiger partial charge is 0.165 e. The van der Waals surface area contributed by atoms with Crippen LogP contribution in [0.15, 0.2) is 18.2 Å². The van der Waals surface area contributed by atoms with Crippen LogP contribution in [-0.4, -0.2) is 17.3 Å². The lowest BCUT2D eigenvalue weighted by atomic mass is 9.85. The van der Waals surface area contributed by atoms with Crippen LogP contribution in [0.5, 0.6) is 5.75 Å². The molecule has 0 unspecified atom stereocenters. The Hall–Kier alpha value is -1.13. The molecule has 3 N–H and O–H groups in total. The Morgan fingerprint density at radius 1 is 1.28 bits per heavy atom. The van der Waals surface area contributed by atoms with Crippen molar-refractivity contribution in [3.8, 4) is 5.75 Å². The molecule has 0 radical (unpaired) electrons. The highest BCUT2D eigenvalue weighted by atomic mass is 19.1. The normalized spacial score (nSPS) is 18.6. The average Bonchev–Trinajstić information content (AvgIpc) is 2.38. The third-order valence-electron chi connectivity index (χ3n) is 3.54. The zero-order valence-electron chi connectivity index (χ0n) is 10.5. The molecule has 0 amide bonds. The first-order valence-corrected chi connectivity index (χ1v) is 6.47. The van der Waals surface area contributed by atoms with Gasteiger partial charge in [0.15, 0.2) is 11.6 Å². The molecule has 1 aromatic rings. The van der Waals surface area contributed by atoms with E-state index in [4.69, 9.17) is 10.5 Å². The second-order valence-electron chi connectivity index (χ2n) is 5.01. The molecule has 18 heavy (non-hydrogen) atoms. The molecular weight excluding hydrogens is 233 g/mol. The molecular formula is C14H20FNO2. The Kier molecular flexibility index (Phi) is 4.19. The highest BCUT2D eigenvalue weighted by Gasteiger charge is 2.30. The van der Waals surface area contributed by atoms with Crippen molar-refractivity contribution in [2.75, 3.05) is 6.61 Å². The Morgan fingerprint density at radius 2 is 2.00 bits per heavy atom. The number of rotatable bonds is 4. The molecule has 0 heterocycles. The lowest BCUT2D eigenvalue weighted by molar-refractivity contribution is -0.0349. The standard InChI is InChI=1S/C14H20FNO2/c15-12-6-4-5-11(9-16)13(12)18-10-14(17)7-2-1-3-8-14/h4-6,17H,1-3,7-10,16H2. The minimum atomic E-state index is -0.813. The van der Waals surface area contributed by atoms with Crippen molar-refractivity contribution in [3.05, 3.63) is 29.6 Å². The zero-order chi connectivity index (χ0) is 13.0. The second-order valence-corrected chi connectivity index (χ2v) is 5.01. The van der Waals surface area contributed by atoms with Gasteiger partial charge < -0.3 is 15.6 Å². The lowest BCUT2D eigenvalue weighted by Gasteiger charge is -2.32. The van der Waals surface area contributed by atoms with Crippen LogP contribution >= 0.6 is 0 Å². The minimum Gasteiger partial charge on any atom is -0.487 e. The van der Waals surface area contributed by atoms with Gasteiger partial charge in [0.25, 0.3) is 0 Å². The number of hydrogen-bond acceptors (Lipinski definition) is 3. The number of hydrogen-bond donors (Lipinski definition) is 2. The van der Waals surface area contributed by atoms with Gasteiger partial charge in [0, 0.05) is 12.1 Å². The molecule has 0 atom stereocenters. The highest BCUT2D eigenvalue weighted by Crippen LogP contribution is 2.30. The van der Waals surface area contributed by atoms with Gasteiger partial charge in [-0.3, -0.25) is 0 Å². The van der Waals surface area contributed by atoms with Crippen LogP contribution in [0.2, 0.25) is 0 Å². The van der Waals surface area contributed by atoms with E-state index in [2.05, 4.69) is 0 Å². The van der Waals surface area contributed by atoms with Gasteiger partial charge in [0.1, 0.15) is 6.61 Å². The van der Waals surface area contributed by atoms with Crippen LogP contribution in [0.3, 0.4) is 0 Å². The molecule has 0 aromatic heterocycles. The zero-order valence-corrected chi connectivity index (χ0v) is 10.5. The Balaban J connectivity index is 2.05. The van der Waals surface area contributed by atoms with Gasteiger partial charge in [-0.2, -0.15) is 0 Å². The van der Waals surface area contributed by atoms with Crippen molar-refractivity contribution >= 4 is 0 Å². The summed E-state index contributed by atoms with van der Waals surface area (Å²) in [5.74, 6) is -0.239. The van der Waals surface area contributed by atoms with Gasteiger partial charge >= 0.3 is 0 Å². The number of ether oxygens (including phenoxy) is 1. The molecule has 100 valence electrons. The first-order chi connectivity index (χ1) is 8.64. The van der Waals surface area contributed by atoms with E-state index in [1.165, 1.54) is 6.07 Å². The van der Waals surface area contributed by atoms with Crippen LogP contribution in [0, 0.1) is 5.82 Å². The van der Waals surface area contributed by atoms with Crippen molar-refractivity contribution in [1.29, 1.82) is 0 Å². The largest absolute Gasteiger partial charge is 0.487 e. The Morgan fingerprint density at radius 3 is 2.67 bits per heavy atom. The summed E-state index contributed by atoms with van der Waals surface area (Å²) in [6.07, 6.45) is 4.59. The number of aliphatic hydroxyl groups is 1. The summed E-state index contributed by atoms with van der Waals surface area (Å²) in [5, 5.41) is 10.3. The fraction of sp³-hybridized carbons (Fsp3) is 0.571. The second kappa shape index (κ2) is 5.67. The maximum Gasteiger partial charge on any atom is 0.165 e. The molecule has 0 saturated heterocycles. The molecule has 1 aliphatic carbocycles. The molecule has 3 nitrogen and oxygen atoms in total. The van der Waals surface area contributed by atoms with Crippen LogP contribution in [0.4, 0.5) is 4.39 Å². The molecule has 1 aliphatic rings. The molecule has 0 aliphatic heterocycles. The van der Waals surface area contributed by atoms with E-state index in [1.54, 1.807) is 12.1 Å². The summed E-state index contributed by atoms with van der Waals surface area (Å²) < 4.78 is 19.2. The van der Waals surface area contributed by atoms with E-state index in [0.29, 0.717) is 5.56 Å². The third-order valence-corrected chi connectivity index (χ3v) is 3.54. The fourth-order valence-electron chi connectivity index (χ4n) is 2.44. The van der Waals surface area contributed by atoms with E-state index in [0.717, 1.165) is 32.1 Å². The Labute approximate surface area is 107 Å². The molecule has 1 fully saturated rings. The monoisotopic (exact) mass is 253 g/mol. The summed E-state index contributed by atoms with van der Waals surface area (Å²) in [5.41, 5.74) is 5.37. The highest BCUT2D eigenvalue weighted by molar-refractivity contribution is 5.34. The van der Waals surface area contributed by atoms with Crippen molar-refractivity contribution < 1.29 is 14.2 Å². The summed E-state index contributed by atoms with van der Waals surface area (Å²) in [4.78, 5) is 0. The third kappa shape index (κ3) is 3.00. The number of benzene rings is 1. The SMILES string of the molecule is NCc1cccc(F)c1OCC1(O)CCCCC1. The topological polar surface area (TPSA) is 55.5 Å². The number of nitrogens with two attached hydrogens (primary N) is 1. The van der Waals surface area contributed by atoms with Crippen LogP contribution in [0.25, 0.3) is 0 Å². The van der Waals surface area contributed by atoms with Gasteiger partial charge in [0.05, 0.1) is 5.60 Å². The van der Waals surface area contributed by atoms with Gasteiger partial charge in [-0.25, -0.2) is 4.39 Å². The van der Waals surface area contributed by atoms with Gasteiger partial charge in [-0.05, 0) is 18.9 Å². The summed E-state index contributed by atoms with van der Waals surface area (Å²) in [6, 6.07) is 4.70. The maximum absolute atomic E-state index is 13.7. The molecule has 1 aromatic carbocycles. The predicted molar refractivity (Wildman–Crippen MR) is 67.8 cm³/mol. The number of para-hydroxylation sites is 1. The molecule has 1 saturated carbocycles. The van der Waals surface area contributed by atoms with Crippen molar-refractivity contribution in [3.63, 3.8) is 0 Å². The fourth-order valence-corrected chi connectivity index (χ4v) is 2.44. The first kappa shape index (κ1) is 13.3. The van der Waals surface area contributed by atoms with E-state index in [1.807, 2.05) is 0 Å². The van der Waals surface area contributed by atoms with Gasteiger partial charge in [0.2, 0.25) is 0 Å². The van der Waals surface area contributed by atoms with Gasteiger partial charge in [-0.15, -0.1) is 0 Å². The quantitative estimate of drug-likeness (QED) is 0.866. The first-order valence-electron chi connectivity index (χ1n) is 6.47. The van der Waals surface area contributed by atoms with E-state index >= 15 is 0 Å². The lowest BCUT2D eigenvalue weighted by Crippen LogP contribution is -2.38. The predicted octanol–water partition coefficient (Wildman–Crippen LogP) is 2.36. The molecule has 4 heteroatoms. The van der Waals surface area contributed by atoms with E-state index in [-0.39, 0.29) is 18.9 Å². The molecule has 2 rings (SSSR count). The van der Waals surface area contributed by atoms with Crippen LogP contribution < -0.4 is 10.5 Å². The maximum atomic E-state index is 13.7. The average molecular weight is 253 g/mol. The summed E-state index contributed by atoms with van der Waals surface area (Å²) >= 11 is 0. The van der Waals surface area contributed by atoms with Crippen molar-refractivity contribution in [2.24, 2.45) is 5.73 Å². The van der Waals surface area contributed by atoms with Gasteiger partial charge in [-0.1, -0.05) is 31.4 Å². The van der Waals surface area contributed by atoms with E-state index in [9.17, 15) is 9.50 Å². The summed E-state index contributed by atoms with van der Waals surface area (Å²) in [6.45, 7) is 0.368. The summed E-state index contributed by atoms with van der Waals surface area (Å²) in [7, 11) is 0. The van der Waals surface area contributed by atoms with Crippen molar-refractivity contribution in [2.45, 2.75) is 44.2 Å². The van der Waals surface area contributed by atoms with E-state index < -0.39 is 11.4 Å². The van der Waals surface area contributed by atoms with Crippen LogP contribution in [0.1, 0.15) is 37.7 Å². The number of halogens is 1. The van der Waals surface area contributed by atoms with Crippen LogP contribution in [-0.2, 0) is 6.54 Å².